The first-order chi connectivity index (χ1) is 6.31. The Kier molecular flexibility index (Phi) is 3.26. The van der Waals surface area contributed by atoms with Crippen LogP contribution in [0.1, 0.15) is 0 Å². The van der Waals surface area contributed by atoms with E-state index < -0.39 is 38.8 Å². The second-order valence-electron chi connectivity index (χ2n) is 2.22. The zero-order valence-electron chi connectivity index (χ0n) is 6.33. The topological polar surface area (TPSA) is 0 Å². The van der Waals surface area contributed by atoms with Crippen molar-refractivity contribution in [2.45, 2.75) is 10.4 Å². The van der Waals surface area contributed by atoms with Gasteiger partial charge in [0.15, 0.2) is 0 Å². The van der Waals surface area contributed by atoms with Crippen LogP contribution in [0.15, 0.2) is 17.0 Å². The Morgan fingerprint density at radius 3 is 2.07 bits per heavy atom. The Morgan fingerprint density at radius 1 is 1.07 bits per heavy atom. The number of thioether (sulfide) groups is 1. The maximum absolute atomic E-state index is 12.8. The van der Waals surface area contributed by atoms with E-state index in [9.17, 15) is 22.0 Å². The van der Waals surface area contributed by atoms with Gasteiger partial charge in [-0.25, -0.2) is 8.78 Å². The highest BCUT2D eigenvalue weighted by Crippen LogP contribution is 2.42. The van der Waals surface area contributed by atoms with Gasteiger partial charge >= 0.3 is 5.51 Å². The lowest BCUT2D eigenvalue weighted by atomic mass is 10.3. The lowest BCUT2D eigenvalue weighted by molar-refractivity contribution is -0.0329. The minimum atomic E-state index is -4.70. The van der Waals surface area contributed by atoms with Crippen molar-refractivity contribution in [1.82, 2.24) is 0 Å². The van der Waals surface area contributed by atoms with Gasteiger partial charge in [0, 0.05) is 0 Å². The molecule has 0 unspecified atom stereocenters. The Morgan fingerprint density at radius 2 is 1.57 bits per heavy atom. The van der Waals surface area contributed by atoms with E-state index in [1.165, 1.54) is 0 Å². The first-order valence-corrected chi connectivity index (χ1v) is 4.40. The smallest absolute Gasteiger partial charge is 0.206 e. The maximum atomic E-state index is 12.8. The predicted octanol–water partition coefficient (Wildman–Crippen LogP) is 4.23. The third-order valence-corrected chi connectivity index (χ3v) is 2.54. The lowest BCUT2D eigenvalue weighted by Gasteiger charge is -2.08. The number of hydrogen-bond donors (Lipinski definition) is 0. The molecule has 7 heteroatoms. The Bertz CT molecular complexity index is 349. The van der Waals surface area contributed by atoms with E-state index in [4.69, 9.17) is 11.6 Å². The SMILES string of the molecule is Fc1ccc(F)c(SC(F)(F)F)c1Cl. The molecule has 0 saturated carbocycles. The average molecular weight is 249 g/mol. The minimum Gasteiger partial charge on any atom is -0.206 e. The minimum absolute atomic E-state index is 0.593. The molecule has 0 aliphatic heterocycles. The molecule has 0 spiro atoms. The van der Waals surface area contributed by atoms with E-state index in [0.29, 0.717) is 12.1 Å². The van der Waals surface area contributed by atoms with Crippen LogP contribution in [0.5, 0.6) is 0 Å². The number of benzene rings is 1. The monoisotopic (exact) mass is 248 g/mol. The van der Waals surface area contributed by atoms with E-state index in [-0.39, 0.29) is 0 Å². The van der Waals surface area contributed by atoms with Gasteiger partial charge in [0.05, 0.1) is 9.92 Å². The first-order valence-electron chi connectivity index (χ1n) is 3.20. The number of halogens is 6. The molecule has 0 aliphatic rings. The molecular weight excluding hydrogens is 247 g/mol. The van der Waals surface area contributed by atoms with Gasteiger partial charge in [-0.2, -0.15) is 13.2 Å². The molecule has 1 aromatic rings. The van der Waals surface area contributed by atoms with Crippen LogP contribution in [0.2, 0.25) is 5.02 Å². The van der Waals surface area contributed by atoms with Gasteiger partial charge in [0.1, 0.15) is 11.6 Å². The van der Waals surface area contributed by atoms with Gasteiger partial charge in [0.2, 0.25) is 0 Å². The Hall–Kier alpha value is -0.490. The van der Waals surface area contributed by atoms with Crippen LogP contribution in [0.4, 0.5) is 22.0 Å². The van der Waals surface area contributed by atoms with Gasteiger partial charge < -0.3 is 0 Å². The van der Waals surface area contributed by atoms with Crippen molar-refractivity contribution >= 4 is 23.4 Å². The Balaban J connectivity index is 3.13. The van der Waals surface area contributed by atoms with E-state index >= 15 is 0 Å². The second-order valence-corrected chi connectivity index (χ2v) is 3.67. The van der Waals surface area contributed by atoms with Gasteiger partial charge in [-0.05, 0) is 23.9 Å². The van der Waals surface area contributed by atoms with E-state index in [2.05, 4.69) is 0 Å². The first kappa shape index (κ1) is 11.6. The van der Waals surface area contributed by atoms with Crippen molar-refractivity contribution in [3.05, 3.63) is 28.8 Å². The van der Waals surface area contributed by atoms with E-state index in [0.717, 1.165) is 0 Å². The number of hydrogen-bond acceptors (Lipinski definition) is 1. The number of rotatable bonds is 1. The molecule has 0 aliphatic carbocycles. The molecular formula is C7H2ClF5S. The average Bonchev–Trinajstić information content (AvgIpc) is 2.04. The fourth-order valence-corrected chi connectivity index (χ4v) is 1.57. The molecule has 78 valence electrons. The zero-order valence-corrected chi connectivity index (χ0v) is 7.90. The summed E-state index contributed by atoms with van der Waals surface area (Å²) in [4.78, 5) is -0.945. The van der Waals surface area contributed by atoms with E-state index in [1.54, 1.807) is 0 Å². The molecule has 0 heterocycles. The molecule has 0 aromatic heterocycles. The van der Waals surface area contributed by atoms with Crippen molar-refractivity contribution in [2.24, 2.45) is 0 Å². The molecule has 0 saturated heterocycles. The summed E-state index contributed by atoms with van der Waals surface area (Å²) in [5, 5.41) is -0.854. The highest BCUT2D eigenvalue weighted by Gasteiger charge is 2.32. The zero-order chi connectivity index (χ0) is 10.9. The quantitative estimate of drug-likeness (QED) is 0.407. The standard InChI is InChI=1S/C7H2ClF5S/c8-5-3(9)1-2-4(10)6(5)14-7(11,12)13/h1-2H. The second kappa shape index (κ2) is 3.94. The van der Waals surface area contributed by atoms with Crippen LogP contribution >= 0.6 is 23.4 Å². The summed E-state index contributed by atoms with van der Waals surface area (Å²) in [6, 6.07) is 1.26. The molecule has 0 fully saturated rings. The van der Waals surface area contributed by atoms with E-state index in [1.807, 2.05) is 0 Å². The summed E-state index contributed by atoms with van der Waals surface area (Å²) in [6.07, 6.45) is 0. The van der Waals surface area contributed by atoms with Gasteiger partial charge in [-0.3, -0.25) is 0 Å². The molecule has 0 nitrogen and oxygen atoms in total. The highest BCUT2D eigenvalue weighted by atomic mass is 35.5. The molecule has 0 atom stereocenters. The Labute approximate surface area is 85.1 Å². The summed E-state index contributed by atoms with van der Waals surface area (Å²) in [7, 11) is 0. The summed E-state index contributed by atoms with van der Waals surface area (Å²) in [6.45, 7) is 0. The van der Waals surface area contributed by atoms with Gasteiger partial charge in [-0.1, -0.05) is 11.6 Å². The van der Waals surface area contributed by atoms with Crippen LogP contribution < -0.4 is 0 Å². The van der Waals surface area contributed by atoms with Gasteiger partial charge in [-0.15, -0.1) is 0 Å². The predicted molar refractivity (Wildman–Crippen MR) is 43.3 cm³/mol. The normalized spacial score (nSPS) is 11.9. The molecule has 0 N–H and O–H groups in total. The fraction of sp³-hybridized carbons (Fsp3) is 0.143. The molecule has 1 aromatic carbocycles. The maximum Gasteiger partial charge on any atom is 0.446 e. The molecule has 14 heavy (non-hydrogen) atoms. The molecule has 0 bridgehead atoms. The van der Waals surface area contributed by atoms with Crippen LogP contribution in [-0.2, 0) is 0 Å². The van der Waals surface area contributed by atoms with Crippen LogP contribution in [0, 0.1) is 11.6 Å². The lowest BCUT2D eigenvalue weighted by Crippen LogP contribution is -2.01. The summed E-state index contributed by atoms with van der Waals surface area (Å²) < 4.78 is 61.0. The van der Waals surface area contributed by atoms with Crippen LogP contribution in [-0.4, -0.2) is 5.51 Å². The molecule has 0 radical (unpaired) electrons. The third-order valence-electron chi connectivity index (χ3n) is 1.22. The van der Waals surface area contributed by atoms with Crippen LogP contribution in [0.25, 0.3) is 0 Å². The molecule has 1 rings (SSSR count). The van der Waals surface area contributed by atoms with Crippen molar-refractivity contribution in [2.75, 3.05) is 0 Å². The third kappa shape index (κ3) is 2.75. The largest absolute Gasteiger partial charge is 0.446 e. The van der Waals surface area contributed by atoms with Crippen molar-refractivity contribution in [3.63, 3.8) is 0 Å². The van der Waals surface area contributed by atoms with Crippen molar-refractivity contribution in [3.8, 4) is 0 Å². The van der Waals surface area contributed by atoms with Gasteiger partial charge in [0.25, 0.3) is 0 Å². The van der Waals surface area contributed by atoms with Crippen molar-refractivity contribution in [1.29, 1.82) is 0 Å². The molecule has 0 amide bonds. The fourth-order valence-electron chi connectivity index (χ4n) is 0.718. The van der Waals surface area contributed by atoms with Crippen LogP contribution in [0.3, 0.4) is 0 Å². The van der Waals surface area contributed by atoms with Crippen molar-refractivity contribution < 1.29 is 22.0 Å². The summed E-state index contributed by atoms with van der Waals surface area (Å²) in [5.41, 5.74) is -4.70. The summed E-state index contributed by atoms with van der Waals surface area (Å²) >= 11 is 4.39. The summed E-state index contributed by atoms with van der Waals surface area (Å²) in [5.74, 6) is -2.28. The highest BCUT2D eigenvalue weighted by molar-refractivity contribution is 8.00. The number of alkyl halides is 3.